The molecular formula is C20H14N2O6. The highest BCUT2D eigenvalue weighted by atomic mass is 16.5. The van der Waals surface area contributed by atoms with E-state index in [2.05, 4.69) is 5.32 Å². The van der Waals surface area contributed by atoms with Gasteiger partial charge in [0.05, 0.1) is 0 Å². The van der Waals surface area contributed by atoms with Gasteiger partial charge in [-0.3, -0.25) is 24.6 Å². The molecule has 2 aromatic carbocycles. The lowest BCUT2D eigenvalue weighted by atomic mass is 9.92. The SMILES string of the molecule is O=C1CCN(c2ccc(OC3=C(O)C(=O)c4ccccc4C3=O)cc2)C(=O)N1. The van der Waals surface area contributed by atoms with Crippen LogP contribution in [0, 0.1) is 0 Å². The molecule has 0 spiro atoms. The number of anilines is 1. The van der Waals surface area contributed by atoms with Gasteiger partial charge in [-0.05, 0) is 24.3 Å². The van der Waals surface area contributed by atoms with Crippen LogP contribution in [0.15, 0.2) is 60.0 Å². The third kappa shape index (κ3) is 2.90. The monoisotopic (exact) mass is 378 g/mol. The summed E-state index contributed by atoms with van der Waals surface area (Å²) in [4.78, 5) is 49.4. The average Bonchev–Trinajstić information content (AvgIpc) is 2.70. The number of carbonyl (C=O) groups excluding carboxylic acids is 4. The number of carbonyl (C=O) groups is 4. The summed E-state index contributed by atoms with van der Waals surface area (Å²) in [6, 6.07) is 11.8. The fourth-order valence-electron chi connectivity index (χ4n) is 3.06. The summed E-state index contributed by atoms with van der Waals surface area (Å²) in [5, 5.41) is 12.4. The Hall–Kier alpha value is -3.94. The first kappa shape index (κ1) is 17.5. The fraction of sp³-hybridized carbons (Fsp3) is 0.100. The second kappa shape index (κ2) is 6.66. The molecular weight excluding hydrogens is 364 g/mol. The normalized spacial score (nSPS) is 16.8. The van der Waals surface area contributed by atoms with Crippen molar-refractivity contribution in [2.45, 2.75) is 6.42 Å². The highest BCUT2D eigenvalue weighted by molar-refractivity contribution is 6.25. The zero-order valence-corrected chi connectivity index (χ0v) is 14.5. The number of benzene rings is 2. The van der Waals surface area contributed by atoms with Crippen molar-refractivity contribution in [2.24, 2.45) is 0 Å². The third-order valence-corrected chi connectivity index (χ3v) is 4.47. The Labute approximate surface area is 159 Å². The maximum absolute atomic E-state index is 12.6. The number of ketones is 2. The molecule has 2 aromatic rings. The number of fused-ring (bicyclic) bond motifs is 1. The van der Waals surface area contributed by atoms with E-state index in [0.29, 0.717) is 5.69 Å². The van der Waals surface area contributed by atoms with E-state index in [9.17, 15) is 24.3 Å². The van der Waals surface area contributed by atoms with Gasteiger partial charge in [-0.25, -0.2) is 4.79 Å². The molecule has 1 aliphatic carbocycles. The summed E-state index contributed by atoms with van der Waals surface area (Å²) in [7, 11) is 0. The van der Waals surface area contributed by atoms with E-state index in [1.807, 2.05) is 0 Å². The van der Waals surface area contributed by atoms with E-state index >= 15 is 0 Å². The molecule has 2 aliphatic rings. The number of Topliss-reactive ketones (excluding diaryl/α,β-unsaturated/α-hetero) is 2. The number of hydrogen-bond donors (Lipinski definition) is 2. The quantitative estimate of drug-likeness (QED) is 0.848. The Balaban J connectivity index is 1.57. The van der Waals surface area contributed by atoms with Gasteiger partial charge in [0.15, 0.2) is 0 Å². The highest BCUT2D eigenvalue weighted by Gasteiger charge is 2.34. The number of aliphatic hydroxyl groups excluding tert-OH is 1. The predicted octanol–water partition coefficient (Wildman–Crippen LogP) is 2.36. The first-order chi connectivity index (χ1) is 13.5. The second-order valence-electron chi connectivity index (χ2n) is 6.23. The Kier molecular flexibility index (Phi) is 4.15. The van der Waals surface area contributed by atoms with E-state index in [1.165, 1.54) is 29.2 Å². The Morgan fingerprint density at radius 1 is 0.893 bits per heavy atom. The lowest BCUT2D eigenvalue weighted by Gasteiger charge is -2.26. The van der Waals surface area contributed by atoms with Crippen molar-refractivity contribution in [3.63, 3.8) is 0 Å². The number of nitrogens with one attached hydrogen (secondary N) is 1. The molecule has 2 N–H and O–H groups in total. The molecule has 0 radical (unpaired) electrons. The van der Waals surface area contributed by atoms with Gasteiger partial charge in [-0.1, -0.05) is 24.3 Å². The van der Waals surface area contributed by atoms with Crippen molar-refractivity contribution < 1.29 is 29.0 Å². The fourth-order valence-corrected chi connectivity index (χ4v) is 3.06. The summed E-state index contributed by atoms with van der Waals surface area (Å²) in [5.74, 6) is -2.59. The van der Waals surface area contributed by atoms with Crippen LogP contribution in [0.1, 0.15) is 27.1 Å². The Morgan fingerprint density at radius 3 is 2.18 bits per heavy atom. The minimum atomic E-state index is -0.748. The van der Waals surface area contributed by atoms with Gasteiger partial charge in [-0.2, -0.15) is 0 Å². The first-order valence-corrected chi connectivity index (χ1v) is 8.46. The van der Waals surface area contributed by atoms with Crippen LogP contribution >= 0.6 is 0 Å². The predicted molar refractivity (Wildman–Crippen MR) is 97.3 cm³/mol. The van der Waals surface area contributed by atoms with Crippen molar-refractivity contribution in [3.8, 4) is 5.75 Å². The van der Waals surface area contributed by atoms with Gasteiger partial charge in [0.25, 0.3) is 0 Å². The number of aliphatic hydroxyl groups is 1. The molecule has 1 heterocycles. The number of nitrogens with zero attached hydrogens (tertiary/aromatic N) is 1. The van der Waals surface area contributed by atoms with Crippen LogP contribution in [-0.2, 0) is 4.79 Å². The van der Waals surface area contributed by atoms with Gasteiger partial charge < -0.3 is 9.84 Å². The molecule has 1 fully saturated rings. The molecule has 0 atom stereocenters. The third-order valence-electron chi connectivity index (χ3n) is 4.47. The van der Waals surface area contributed by atoms with Crippen molar-refractivity contribution in [2.75, 3.05) is 11.4 Å². The number of allylic oxidation sites excluding steroid dienone is 2. The minimum absolute atomic E-state index is 0.123. The molecule has 0 aromatic heterocycles. The smallest absolute Gasteiger partial charge is 0.328 e. The summed E-state index contributed by atoms with van der Waals surface area (Å²) in [6.45, 7) is 0.251. The average molecular weight is 378 g/mol. The van der Waals surface area contributed by atoms with Crippen LogP contribution < -0.4 is 15.0 Å². The van der Waals surface area contributed by atoms with E-state index in [-0.39, 0.29) is 35.7 Å². The van der Waals surface area contributed by atoms with Gasteiger partial charge in [-0.15, -0.1) is 0 Å². The maximum Gasteiger partial charge on any atom is 0.328 e. The van der Waals surface area contributed by atoms with Gasteiger partial charge in [0.1, 0.15) is 5.75 Å². The van der Waals surface area contributed by atoms with Crippen molar-refractivity contribution in [1.82, 2.24) is 5.32 Å². The lowest BCUT2D eigenvalue weighted by Crippen LogP contribution is -2.49. The molecule has 8 heteroatoms. The lowest BCUT2D eigenvalue weighted by molar-refractivity contribution is -0.120. The molecule has 8 nitrogen and oxygen atoms in total. The number of amides is 3. The van der Waals surface area contributed by atoms with Crippen LogP contribution in [0.5, 0.6) is 5.75 Å². The first-order valence-electron chi connectivity index (χ1n) is 8.46. The maximum atomic E-state index is 12.6. The summed E-state index contributed by atoms with van der Waals surface area (Å²) in [5.41, 5.74) is 0.817. The zero-order valence-electron chi connectivity index (χ0n) is 14.5. The van der Waals surface area contributed by atoms with E-state index < -0.39 is 29.1 Å². The minimum Gasteiger partial charge on any atom is -0.501 e. The van der Waals surface area contributed by atoms with Crippen molar-refractivity contribution in [1.29, 1.82) is 0 Å². The van der Waals surface area contributed by atoms with Crippen LogP contribution in [0.25, 0.3) is 0 Å². The number of ether oxygens (including phenoxy) is 1. The standard InChI is InChI=1S/C20H14N2O6/c23-15-9-10-22(20(27)21-15)11-5-7-12(8-6-11)28-19-17(25)14-4-2-1-3-13(14)16(24)18(19)26/h1-8,26H,9-10H2,(H,21,23,27). The molecule has 0 saturated carbocycles. The van der Waals surface area contributed by atoms with Crippen LogP contribution in [-0.4, -0.2) is 35.2 Å². The second-order valence-corrected chi connectivity index (χ2v) is 6.23. The highest BCUT2D eigenvalue weighted by Crippen LogP contribution is 2.28. The molecule has 1 saturated heterocycles. The molecule has 4 rings (SSSR count). The molecule has 140 valence electrons. The van der Waals surface area contributed by atoms with Gasteiger partial charge in [0.2, 0.25) is 29.0 Å². The molecule has 1 aliphatic heterocycles. The van der Waals surface area contributed by atoms with Gasteiger partial charge >= 0.3 is 6.03 Å². The number of rotatable bonds is 3. The molecule has 3 amide bonds. The largest absolute Gasteiger partial charge is 0.501 e. The van der Waals surface area contributed by atoms with E-state index in [1.54, 1.807) is 24.3 Å². The molecule has 0 unspecified atom stereocenters. The topological polar surface area (TPSA) is 113 Å². The van der Waals surface area contributed by atoms with E-state index in [0.717, 1.165) is 0 Å². The van der Waals surface area contributed by atoms with E-state index in [4.69, 9.17) is 4.74 Å². The van der Waals surface area contributed by atoms with Gasteiger partial charge in [0, 0.05) is 29.8 Å². The molecule has 28 heavy (non-hydrogen) atoms. The number of urea groups is 1. The van der Waals surface area contributed by atoms with Crippen LogP contribution in [0.2, 0.25) is 0 Å². The summed E-state index contributed by atoms with van der Waals surface area (Å²) < 4.78 is 5.48. The Bertz CT molecular complexity index is 1050. The van der Waals surface area contributed by atoms with Crippen LogP contribution in [0.3, 0.4) is 0 Å². The summed E-state index contributed by atoms with van der Waals surface area (Å²) in [6.07, 6.45) is 0.195. The number of hydrogen-bond acceptors (Lipinski definition) is 6. The van der Waals surface area contributed by atoms with Crippen molar-refractivity contribution in [3.05, 3.63) is 71.2 Å². The summed E-state index contributed by atoms with van der Waals surface area (Å²) >= 11 is 0. The number of imide groups is 1. The zero-order chi connectivity index (χ0) is 19.8. The van der Waals surface area contributed by atoms with Crippen LogP contribution in [0.4, 0.5) is 10.5 Å². The van der Waals surface area contributed by atoms with Crippen molar-refractivity contribution >= 4 is 29.2 Å². The molecule has 0 bridgehead atoms. The Morgan fingerprint density at radius 2 is 1.54 bits per heavy atom.